The van der Waals surface area contributed by atoms with Crippen LogP contribution in [-0.4, -0.2) is 28.4 Å². The van der Waals surface area contributed by atoms with E-state index in [0.717, 1.165) is 39.9 Å². The molecule has 2 fully saturated rings. The molecule has 1 aromatic carbocycles. The third kappa shape index (κ3) is 2.50. The Balaban J connectivity index is 1.59. The number of urea groups is 1. The molecular formula is C18H19N3O3S. The first-order valence-electron chi connectivity index (χ1n) is 8.48. The Morgan fingerprint density at radius 2 is 1.92 bits per heavy atom. The Kier molecular flexibility index (Phi) is 3.76. The molecule has 1 aliphatic carbocycles. The van der Waals surface area contributed by atoms with Crippen LogP contribution >= 0.6 is 11.3 Å². The number of rotatable bonds is 2. The minimum Gasteiger partial charge on any atom is -0.322 e. The van der Waals surface area contributed by atoms with Crippen LogP contribution in [0.4, 0.5) is 4.79 Å². The van der Waals surface area contributed by atoms with Crippen LogP contribution in [0.2, 0.25) is 0 Å². The number of amides is 4. The molecule has 2 aliphatic rings. The summed E-state index contributed by atoms with van der Waals surface area (Å²) >= 11 is 1.36. The van der Waals surface area contributed by atoms with E-state index < -0.39 is 17.5 Å². The molecule has 2 heterocycles. The molecule has 0 bridgehead atoms. The number of fused-ring (bicyclic) bond motifs is 1. The average molecular weight is 357 g/mol. The van der Waals surface area contributed by atoms with E-state index in [9.17, 15) is 14.4 Å². The molecule has 0 atom stereocenters. The minimum atomic E-state index is -0.835. The van der Waals surface area contributed by atoms with E-state index in [-0.39, 0.29) is 5.91 Å². The number of benzene rings is 1. The van der Waals surface area contributed by atoms with E-state index >= 15 is 0 Å². The lowest BCUT2D eigenvalue weighted by molar-refractivity contribution is -0.134. The second kappa shape index (κ2) is 5.84. The summed E-state index contributed by atoms with van der Waals surface area (Å²) in [5.41, 5.74) is 2.53. The van der Waals surface area contributed by atoms with Gasteiger partial charge in [0, 0.05) is 4.70 Å². The number of hydrazine groups is 1. The summed E-state index contributed by atoms with van der Waals surface area (Å²) in [6, 6.07) is 7.22. The molecule has 2 aromatic rings. The Morgan fingerprint density at radius 1 is 1.20 bits per heavy atom. The maximum atomic E-state index is 12.7. The number of hydrogen-bond donors (Lipinski definition) is 2. The van der Waals surface area contributed by atoms with Crippen molar-refractivity contribution in [3.05, 3.63) is 34.7 Å². The number of carbonyl (C=O) groups excluding carboxylic acids is 3. The molecular weight excluding hydrogens is 338 g/mol. The summed E-state index contributed by atoms with van der Waals surface area (Å²) in [5.74, 6) is -0.764. The summed E-state index contributed by atoms with van der Waals surface area (Å²) in [4.78, 5) is 38.2. The van der Waals surface area contributed by atoms with Crippen molar-refractivity contribution in [2.24, 2.45) is 0 Å². The molecule has 2 N–H and O–H groups in total. The van der Waals surface area contributed by atoms with Crippen molar-refractivity contribution >= 4 is 39.3 Å². The van der Waals surface area contributed by atoms with Gasteiger partial charge in [-0.2, -0.15) is 5.01 Å². The van der Waals surface area contributed by atoms with Gasteiger partial charge in [0.2, 0.25) is 0 Å². The van der Waals surface area contributed by atoms with Crippen molar-refractivity contribution in [2.75, 3.05) is 0 Å². The Labute approximate surface area is 149 Å². The molecule has 1 aliphatic heterocycles. The lowest BCUT2D eigenvalue weighted by atomic mass is 9.82. The number of nitrogens with one attached hydrogen (secondary N) is 2. The number of aryl methyl sites for hydroxylation is 1. The third-order valence-corrected chi connectivity index (χ3v) is 6.40. The molecule has 6 nitrogen and oxygen atoms in total. The molecule has 1 saturated carbocycles. The zero-order valence-corrected chi connectivity index (χ0v) is 14.7. The Bertz CT molecular complexity index is 883. The van der Waals surface area contributed by atoms with E-state index in [1.165, 1.54) is 11.3 Å². The molecule has 7 heteroatoms. The van der Waals surface area contributed by atoms with Crippen molar-refractivity contribution in [1.82, 2.24) is 15.8 Å². The second-order valence-corrected chi connectivity index (χ2v) is 7.76. The highest BCUT2D eigenvalue weighted by atomic mass is 32.1. The van der Waals surface area contributed by atoms with Crippen LogP contribution in [0.5, 0.6) is 0 Å². The zero-order chi connectivity index (χ0) is 17.6. The maximum absolute atomic E-state index is 12.7. The monoisotopic (exact) mass is 357 g/mol. The Hall–Kier alpha value is -2.41. The van der Waals surface area contributed by atoms with Crippen molar-refractivity contribution in [1.29, 1.82) is 0 Å². The molecule has 25 heavy (non-hydrogen) atoms. The van der Waals surface area contributed by atoms with Crippen LogP contribution in [0.3, 0.4) is 0 Å². The maximum Gasteiger partial charge on any atom is 0.344 e. The summed E-state index contributed by atoms with van der Waals surface area (Å²) in [6.07, 6.45) is 4.14. The zero-order valence-electron chi connectivity index (χ0n) is 13.9. The first kappa shape index (κ1) is 16.1. The standard InChI is InChI=1S/C18H19N3O3S/c1-11-12-7-3-4-8-13(12)25-14(11)15(22)20-21-16(23)18(19-17(21)24)9-5-2-6-10-18/h3-4,7-8H,2,5-6,9-10H2,1H3,(H,19,24)(H,20,22). The van der Waals surface area contributed by atoms with Crippen molar-refractivity contribution in [3.63, 3.8) is 0 Å². The van der Waals surface area contributed by atoms with E-state index in [1.807, 2.05) is 31.2 Å². The van der Waals surface area contributed by atoms with Crippen LogP contribution in [0.1, 0.15) is 47.3 Å². The predicted molar refractivity (Wildman–Crippen MR) is 95.2 cm³/mol. The van der Waals surface area contributed by atoms with Crippen molar-refractivity contribution in [2.45, 2.75) is 44.6 Å². The summed E-state index contributed by atoms with van der Waals surface area (Å²) in [7, 11) is 0. The highest BCUT2D eigenvalue weighted by molar-refractivity contribution is 7.21. The molecule has 130 valence electrons. The van der Waals surface area contributed by atoms with Crippen LogP contribution in [0.25, 0.3) is 10.1 Å². The summed E-state index contributed by atoms with van der Waals surface area (Å²) in [6.45, 7) is 1.88. The molecule has 4 rings (SSSR count). The van der Waals surface area contributed by atoms with Gasteiger partial charge in [-0.15, -0.1) is 11.3 Å². The fourth-order valence-electron chi connectivity index (χ4n) is 3.76. The van der Waals surface area contributed by atoms with E-state index in [0.29, 0.717) is 17.7 Å². The second-order valence-electron chi connectivity index (χ2n) is 6.71. The van der Waals surface area contributed by atoms with E-state index in [1.54, 1.807) is 0 Å². The fraction of sp³-hybridized carbons (Fsp3) is 0.389. The van der Waals surface area contributed by atoms with Gasteiger partial charge in [0.1, 0.15) is 5.54 Å². The number of imide groups is 1. The normalized spacial score (nSPS) is 19.5. The van der Waals surface area contributed by atoms with Crippen LogP contribution in [0.15, 0.2) is 24.3 Å². The highest BCUT2D eigenvalue weighted by Crippen LogP contribution is 2.34. The average Bonchev–Trinajstić information content (AvgIpc) is 3.06. The molecule has 1 aromatic heterocycles. The van der Waals surface area contributed by atoms with Crippen LogP contribution in [-0.2, 0) is 4.79 Å². The number of carbonyl (C=O) groups is 3. The van der Waals surface area contributed by atoms with Gasteiger partial charge in [-0.05, 0) is 36.8 Å². The summed E-state index contributed by atoms with van der Waals surface area (Å²) in [5, 5.41) is 4.66. The van der Waals surface area contributed by atoms with Crippen LogP contribution < -0.4 is 10.7 Å². The number of nitrogens with zero attached hydrogens (tertiary/aromatic N) is 1. The Morgan fingerprint density at radius 3 is 2.64 bits per heavy atom. The molecule has 1 spiro atoms. The van der Waals surface area contributed by atoms with Gasteiger partial charge in [0.05, 0.1) is 4.88 Å². The minimum absolute atomic E-state index is 0.343. The summed E-state index contributed by atoms with van der Waals surface area (Å²) < 4.78 is 1.01. The highest BCUT2D eigenvalue weighted by Gasteiger charge is 2.52. The first-order valence-corrected chi connectivity index (χ1v) is 9.29. The fourth-order valence-corrected chi connectivity index (χ4v) is 4.86. The van der Waals surface area contributed by atoms with Gasteiger partial charge < -0.3 is 5.32 Å². The molecule has 0 radical (unpaired) electrons. The number of hydrogen-bond acceptors (Lipinski definition) is 4. The SMILES string of the molecule is Cc1c(C(=O)NN2C(=O)NC3(CCCCC3)C2=O)sc2ccccc12. The van der Waals surface area contributed by atoms with Gasteiger partial charge in [0.15, 0.2) is 0 Å². The topological polar surface area (TPSA) is 78.5 Å². The number of thiophene rings is 1. The first-order chi connectivity index (χ1) is 12.0. The van der Waals surface area contributed by atoms with E-state index in [2.05, 4.69) is 10.7 Å². The van der Waals surface area contributed by atoms with Gasteiger partial charge >= 0.3 is 6.03 Å². The van der Waals surface area contributed by atoms with Crippen molar-refractivity contribution < 1.29 is 14.4 Å². The predicted octanol–water partition coefficient (Wildman–Crippen LogP) is 3.11. The molecule has 4 amide bonds. The lowest BCUT2D eigenvalue weighted by Gasteiger charge is -2.30. The van der Waals surface area contributed by atoms with Crippen molar-refractivity contribution in [3.8, 4) is 0 Å². The smallest absolute Gasteiger partial charge is 0.322 e. The largest absolute Gasteiger partial charge is 0.344 e. The van der Waals surface area contributed by atoms with Gasteiger partial charge in [0.25, 0.3) is 11.8 Å². The van der Waals surface area contributed by atoms with Gasteiger partial charge in [-0.3, -0.25) is 15.0 Å². The quantitative estimate of drug-likeness (QED) is 0.811. The molecule has 0 unspecified atom stereocenters. The van der Waals surface area contributed by atoms with Crippen LogP contribution in [0, 0.1) is 6.92 Å². The third-order valence-electron chi connectivity index (χ3n) is 5.13. The van der Waals surface area contributed by atoms with Gasteiger partial charge in [-0.25, -0.2) is 4.79 Å². The molecule has 1 saturated heterocycles. The van der Waals surface area contributed by atoms with E-state index in [4.69, 9.17) is 0 Å². The van der Waals surface area contributed by atoms with Gasteiger partial charge in [-0.1, -0.05) is 37.5 Å². The lowest BCUT2D eigenvalue weighted by Crippen LogP contribution is -2.50.